The van der Waals surface area contributed by atoms with E-state index in [1.165, 1.54) is 0 Å². The van der Waals surface area contributed by atoms with Crippen LogP contribution >= 0.6 is 0 Å². The summed E-state index contributed by atoms with van der Waals surface area (Å²) in [5, 5.41) is 11.1. The van der Waals surface area contributed by atoms with Gasteiger partial charge in [0.25, 0.3) is 5.91 Å². The minimum atomic E-state index is -0.231. The van der Waals surface area contributed by atoms with Crippen LogP contribution in [0.25, 0.3) is 5.69 Å². The molecule has 1 N–H and O–H groups in total. The van der Waals surface area contributed by atoms with E-state index in [0.717, 1.165) is 22.6 Å². The molecule has 6 nitrogen and oxygen atoms in total. The molecule has 3 rings (SSSR count). The molecule has 0 atom stereocenters. The molecule has 0 unspecified atom stereocenters. The molecule has 1 aromatic heterocycles. The number of terminal acetylenes is 1. The lowest BCUT2D eigenvalue weighted by atomic mass is 10.1. The van der Waals surface area contributed by atoms with Crippen molar-refractivity contribution in [3.63, 3.8) is 0 Å². The third-order valence-electron chi connectivity index (χ3n) is 4.30. The molecule has 3 aromatic rings. The van der Waals surface area contributed by atoms with E-state index in [9.17, 15) is 4.79 Å². The maximum absolute atomic E-state index is 12.5. The van der Waals surface area contributed by atoms with Gasteiger partial charge >= 0.3 is 0 Å². The van der Waals surface area contributed by atoms with Crippen molar-refractivity contribution >= 4 is 5.91 Å². The Hall–Kier alpha value is -3.59. The monoisotopic (exact) mass is 374 g/mol. The highest BCUT2D eigenvalue weighted by molar-refractivity contribution is 5.93. The van der Waals surface area contributed by atoms with Crippen LogP contribution in [0.1, 0.15) is 27.3 Å². The first-order chi connectivity index (χ1) is 13.6. The molecule has 0 aliphatic rings. The van der Waals surface area contributed by atoms with Gasteiger partial charge in [-0.2, -0.15) is 0 Å². The van der Waals surface area contributed by atoms with E-state index >= 15 is 0 Å². The number of ether oxygens (including phenoxy) is 1. The Balaban J connectivity index is 1.58. The fourth-order valence-electron chi connectivity index (χ4n) is 2.83. The number of aryl methyl sites for hydroxylation is 1. The van der Waals surface area contributed by atoms with Gasteiger partial charge in [0.15, 0.2) is 5.69 Å². The number of hydrogen-bond acceptors (Lipinski definition) is 4. The lowest BCUT2D eigenvalue weighted by Gasteiger charge is -2.07. The topological polar surface area (TPSA) is 69.0 Å². The van der Waals surface area contributed by atoms with Gasteiger partial charge in [-0.3, -0.25) is 4.79 Å². The van der Waals surface area contributed by atoms with E-state index < -0.39 is 0 Å². The van der Waals surface area contributed by atoms with Crippen molar-refractivity contribution in [2.45, 2.75) is 20.3 Å². The average molecular weight is 374 g/mol. The molecule has 0 bridgehead atoms. The number of carbonyl (C=O) groups is 1. The van der Waals surface area contributed by atoms with Gasteiger partial charge in [0.1, 0.15) is 12.4 Å². The van der Waals surface area contributed by atoms with Gasteiger partial charge in [0, 0.05) is 6.54 Å². The van der Waals surface area contributed by atoms with Gasteiger partial charge in [-0.15, -0.1) is 11.5 Å². The Bertz CT molecular complexity index is 1000. The van der Waals surface area contributed by atoms with Crippen molar-refractivity contribution in [1.29, 1.82) is 0 Å². The molecule has 0 fully saturated rings. The quantitative estimate of drug-likeness (QED) is 0.646. The Morgan fingerprint density at radius 3 is 2.71 bits per heavy atom. The highest BCUT2D eigenvalue weighted by atomic mass is 16.5. The minimum Gasteiger partial charge on any atom is -0.481 e. The average Bonchev–Trinajstić information content (AvgIpc) is 3.09. The highest BCUT2D eigenvalue weighted by Crippen LogP contribution is 2.14. The highest BCUT2D eigenvalue weighted by Gasteiger charge is 2.17. The van der Waals surface area contributed by atoms with Crippen LogP contribution in [0, 0.1) is 26.2 Å². The Morgan fingerprint density at radius 1 is 1.21 bits per heavy atom. The predicted molar refractivity (Wildman–Crippen MR) is 108 cm³/mol. The Morgan fingerprint density at radius 2 is 2.00 bits per heavy atom. The van der Waals surface area contributed by atoms with Crippen molar-refractivity contribution in [1.82, 2.24) is 20.3 Å². The molecular formula is C22H22N4O2. The van der Waals surface area contributed by atoms with E-state index in [1.807, 2.05) is 62.4 Å². The van der Waals surface area contributed by atoms with E-state index in [-0.39, 0.29) is 12.5 Å². The smallest absolute Gasteiger partial charge is 0.273 e. The minimum absolute atomic E-state index is 0.231. The van der Waals surface area contributed by atoms with Crippen LogP contribution in [-0.4, -0.2) is 34.1 Å². The molecule has 6 heteroatoms. The maximum atomic E-state index is 12.5. The van der Waals surface area contributed by atoms with Crippen LogP contribution in [0.4, 0.5) is 0 Å². The summed E-state index contributed by atoms with van der Waals surface area (Å²) in [4.78, 5) is 12.5. The van der Waals surface area contributed by atoms with Crippen molar-refractivity contribution in [2.24, 2.45) is 0 Å². The number of benzene rings is 2. The second-order valence-corrected chi connectivity index (χ2v) is 6.42. The molecule has 0 saturated carbocycles. The second kappa shape index (κ2) is 8.87. The summed E-state index contributed by atoms with van der Waals surface area (Å²) in [7, 11) is 0. The zero-order valence-electron chi connectivity index (χ0n) is 16.0. The molecule has 0 aliphatic heterocycles. The summed E-state index contributed by atoms with van der Waals surface area (Å²) < 4.78 is 7.02. The van der Waals surface area contributed by atoms with E-state index in [1.54, 1.807) is 4.68 Å². The normalized spacial score (nSPS) is 10.3. The van der Waals surface area contributed by atoms with Crippen LogP contribution in [0.15, 0.2) is 48.5 Å². The molecule has 0 saturated heterocycles. The number of hydrogen-bond donors (Lipinski definition) is 1. The fraction of sp³-hybridized carbons (Fsp3) is 0.227. The summed E-state index contributed by atoms with van der Waals surface area (Å²) >= 11 is 0. The molecule has 1 amide bonds. The SMILES string of the molecule is C#CCOc1ccc(CCNC(=O)c2nnn(-c3cccc(C)c3)c2C)cc1. The van der Waals surface area contributed by atoms with Crippen molar-refractivity contribution < 1.29 is 9.53 Å². The fourth-order valence-corrected chi connectivity index (χ4v) is 2.83. The third kappa shape index (κ3) is 4.57. The van der Waals surface area contributed by atoms with Crippen molar-refractivity contribution in [3.05, 3.63) is 71.0 Å². The van der Waals surface area contributed by atoms with Crippen LogP contribution in [0.3, 0.4) is 0 Å². The zero-order chi connectivity index (χ0) is 19.9. The Labute approximate surface area is 164 Å². The molecular weight excluding hydrogens is 352 g/mol. The van der Waals surface area contributed by atoms with E-state index in [0.29, 0.717) is 24.4 Å². The second-order valence-electron chi connectivity index (χ2n) is 6.42. The van der Waals surface area contributed by atoms with Crippen LogP contribution in [-0.2, 0) is 6.42 Å². The standard InChI is InChI=1S/C22H22N4O2/c1-4-14-28-20-10-8-18(9-11-20)12-13-23-22(27)21-17(3)26(25-24-21)19-7-5-6-16(2)15-19/h1,5-11,15H,12-14H2,2-3H3,(H,23,27). The van der Waals surface area contributed by atoms with Crippen LogP contribution < -0.4 is 10.1 Å². The third-order valence-corrected chi connectivity index (χ3v) is 4.30. The van der Waals surface area contributed by atoms with Gasteiger partial charge in [-0.1, -0.05) is 35.4 Å². The van der Waals surface area contributed by atoms with Gasteiger partial charge in [0.2, 0.25) is 0 Å². The first kappa shape index (κ1) is 19.2. The van der Waals surface area contributed by atoms with Gasteiger partial charge in [0.05, 0.1) is 11.4 Å². The molecule has 2 aromatic carbocycles. The molecule has 0 spiro atoms. The van der Waals surface area contributed by atoms with Crippen LogP contribution in [0.2, 0.25) is 0 Å². The van der Waals surface area contributed by atoms with E-state index in [2.05, 4.69) is 21.5 Å². The predicted octanol–water partition coefficient (Wildman–Crippen LogP) is 2.87. The summed E-state index contributed by atoms with van der Waals surface area (Å²) in [5.41, 5.74) is 4.14. The number of carbonyl (C=O) groups excluding carboxylic acids is 1. The first-order valence-corrected chi connectivity index (χ1v) is 9.01. The Kier molecular flexibility index (Phi) is 6.07. The molecule has 0 aliphatic carbocycles. The summed E-state index contributed by atoms with van der Waals surface area (Å²) in [6.45, 7) is 4.60. The van der Waals surface area contributed by atoms with Gasteiger partial charge in [-0.25, -0.2) is 4.68 Å². The lowest BCUT2D eigenvalue weighted by molar-refractivity contribution is 0.0948. The van der Waals surface area contributed by atoms with E-state index in [4.69, 9.17) is 11.2 Å². The first-order valence-electron chi connectivity index (χ1n) is 9.01. The largest absolute Gasteiger partial charge is 0.481 e. The molecule has 0 radical (unpaired) electrons. The number of amides is 1. The summed E-state index contributed by atoms with van der Waals surface area (Å²) in [6.07, 6.45) is 5.87. The summed E-state index contributed by atoms with van der Waals surface area (Å²) in [6, 6.07) is 15.5. The molecule has 28 heavy (non-hydrogen) atoms. The van der Waals surface area contributed by atoms with Crippen molar-refractivity contribution in [3.8, 4) is 23.8 Å². The number of nitrogens with one attached hydrogen (secondary N) is 1. The number of aromatic nitrogens is 3. The zero-order valence-corrected chi connectivity index (χ0v) is 16.0. The van der Waals surface area contributed by atoms with Crippen LogP contribution in [0.5, 0.6) is 5.75 Å². The van der Waals surface area contributed by atoms with Gasteiger partial charge in [-0.05, 0) is 55.7 Å². The van der Waals surface area contributed by atoms with Gasteiger partial charge < -0.3 is 10.1 Å². The molecule has 142 valence electrons. The number of nitrogens with zero attached hydrogens (tertiary/aromatic N) is 3. The van der Waals surface area contributed by atoms with Crippen molar-refractivity contribution in [2.75, 3.05) is 13.2 Å². The maximum Gasteiger partial charge on any atom is 0.273 e. The lowest BCUT2D eigenvalue weighted by Crippen LogP contribution is -2.26. The number of rotatable bonds is 7. The summed E-state index contributed by atoms with van der Waals surface area (Å²) in [5.74, 6) is 2.93. The molecule has 1 heterocycles.